The van der Waals surface area contributed by atoms with Crippen LogP contribution in [0.3, 0.4) is 0 Å². The molecule has 158 valence electrons. The van der Waals surface area contributed by atoms with E-state index in [9.17, 15) is 18.8 Å². The van der Waals surface area contributed by atoms with E-state index in [4.69, 9.17) is 9.47 Å². The molecule has 1 aromatic carbocycles. The molecule has 10 heteroatoms. The van der Waals surface area contributed by atoms with Crippen molar-refractivity contribution in [2.24, 2.45) is 0 Å². The van der Waals surface area contributed by atoms with Crippen molar-refractivity contribution in [1.82, 2.24) is 9.55 Å². The second-order valence-electron chi connectivity index (χ2n) is 6.49. The van der Waals surface area contributed by atoms with Crippen LogP contribution in [0.4, 0.5) is 10.1 Å². The number of carbonyl (C=O) groups excluding carboxylic acids is 2. The number of fused-ring (bicyclic) bond motifs is 1. The maximum absolute atomic E-state index is 13.0. The van der Waals surface area contributed by atoms with Gasteiger partial charge in [0, 0.05) is 12.8 Å². The molecule has 0 radical (unpaired) electrons. The Balaban J connectivity index is 1.87. The number of ether oxygens (including phenoxy) is 2. The number of hydrogen-bond donors (Lipinski definition) is 1. The van der Waals surface area contributed by atoms with Gasteiger partial charge in [0.1, 0.15) is 28.2 Å². The standard InChI is InChI=1S/C20H20FN3O5S/c1-11-15-18(30-16(11)20(27)29-9-8-28-3)22-10-24(19(15)26)12(2)17(25)23-14-6-4-13(21)5-7-14/h4-7,10,12H,8-9H2,1-3H3,(H,23,25)/t12-/m0/s1. The number of halogens is 1. The van der Waals surface area contributed by atoms with Crippen molar-refractivity contribution in [2.45, 2.75) is 19.9 Å². The summed E-state index contributed by atoms with van der Waals surface area (Å²) in [6.07, 6.45) is 1.27. The van der Waals surface area contributed by atoms with Crippen molar-refractivity contribution < 1.29 is 23.5 Å². The first-order valence-corrected chi connectivity index (χ1v) is 9.88. The van der Waals surface area contributed by atoms with Gasteiger partial charge in [-0.05, 0) is 43.7 Å². The summed E-state index contributed by atoms with van der Waals surface area (Å²) in [7, 11) is 1.50. The van der Waals surface area contributed by atoms with Crippen LogP contribution >= 0.6 is 11.3 Å². The van der Waals surface area contributed by atoms with Gasteiger partial charge in [0.2, 0.25) is 5.91 Å². The molecule has 8 nitrogen and oxygen atoms in total. The molecule has 2 aromatic heterocycles. The minimum absolute atomic E-state index is 0.0985. The molecule has 1 N–H and O–H groups in total. The van der Waals surface area contributed by atoms with Gasteiger partial charge in [-0.25, -0.2) is 14.2 Å². The number of carbonyl (C=O) groups is 2. The fourth-order valence-electron chi connectivity index (χ4n) is 2.80. The summed E-state index contributed by atoms with van der Waals surface area (Å²) in [5.74, 6) is -1.44. The molecule has 0 spiro atoms. The second kappa shape index (κ2) is 9.14. The Morgan fingerprint density at radius 2 is 1.97 bits per heavy atom. The third-order valence-electron chi connectivity index (χ3n) is 4.49. The number of nitrogens with one attached hydrogen (secondary N) is 1. The first-order valence-electron chi connectivity index (χ1n) is 9.06. The SMILES string of the molecule is COCCOC(=O)c1sc2ncn([C@@H](C)C(=O)Nc3ccc(F)cc3)c(=O)c2c1C. The van der Waals surface area contributed by atoms with Gasteiger partial charge < -0.3 is 14.8 Å². The summed E-state index contributed by atoms with van der Waals surface area (Å²) < 4.78 is 24.2. The number of rotatable bonds is 7. The van der Waals surface area contributed by atoms with E-state index in [-0.39, 0.29) is 23.5 Å². The molecule has 0 saturated carbocycles. The molecule has 2 heterocycles. The minimum Gasteiger partial charge on any atom is -0.459 e. The average Bonchev–Trinajstić information content (AvgIpc) is 3.07. The normalized spacial score (nSPS) is 12.0. The number of thiophene rings is 1. The van der Waals surface area contributed by atoms with Crippen molar-refractivity contribution in [1.29, 1.82) is 0 Å². The van der Waals surface area contributed by atoms with Crippen molar-refractivity contribution in [3.05, 3.63) is 57.2 Å². The van der Waals surface area contributed by atoms with Gasteiger partial charge in [-0.1, -0.05) is 0 Å². The molecule has 1 amide bonds. The molecule has 3 rings (SSSR count). The highest BCUT2D eigenvalue weighted by Crippen LogP contribution is 2.28. The van der Waals surface area contributed by atoms with E-state index in [1.807, 2.05) is 0 Å². The third kappa shape index (κ3) is 4.39. The number of hydrogen-bond acceptors (Lipinski definition) is 7. The summed E-state index contributed by atoms with van der Waals surface area (Å²) in [6, 6.07) is 4.42. The zero-order valence-corrected chi connectivity index (χ0v) is 17.4. The fourth-order valence-corrected chi connectivity index (χ4v) is 3.83. The van der Waals surface area contributed by atoms with E-state index in [0.29, 0.717) is 16.1 Å². The number of nitrogens with zero attached hydrogens (tertiary/aromatic N) is 2. The van der Waals surface area contributed by atoms with Crippen molar-refractivity contribution >= 4 is 39.1 Å². The number of aromatic nitrogens is 2. The quantitative estimate of drug-likeness (QED) is 0.454. The highest BCUT2D eigenvalue weighted by Gasteiger charge is 2.23. The molecule has 3 aromatic rings. The van der Waals surface area contributed by atoms with Crippen LogP contribution in [0.15, 0.2) is 35.4 Å². The van der Waals surface area contributed by atoms with Gasteiger partial charge in [0.05, 0.1) is 18.3 Å². The molecular weight excluding hydrogens is 413 g/mol. The number of benzene rings is 1. The Morgan fingerprint density at radius 3 is 2.63 bits per heavy atom. The van der Waals surface area contributed by atoms with Crippen LogP contribution in [0.1, 0.15) is 28.2 Å². The Morgan fingerprint density at radius 1 is 1.27 bits per heavy atom. The Hall–Kier alpha value is -3.11. The molecule has 0 unspecified atom stereocenters. The van der Waals surface area contributed by atoms with Gasteiger partial charge in [-0.15, -0.1) is 11.3 Å². The third-order valence-corrected chi connectivity index (χ3v) is 5.67. The zero-order valence-electron chi connectivity index (χ0n) is 16.6. The number of anilines is 1. The van der Waals surface area contributed by atoms with Crippen LogP contribution in [-0.4, -0.2) is 41.8 Å². The van der Waals surface area contributed by atoms with Gasteiger partial charge in [0.25, 0.3) is 5.56 Å². The average molecular weight is 433 g/mol. The molecule has 0 aliphatic rings. The van der Waals surface area contributed by atoms with Crippen LogP contribution in [0.25, 0.3) is 10.2 Å². The maximum atomic E-state index is 13.0. The zero-order chi connectivity index (χ0) is 21.8. The van der Waals surface area contributed by atoms with Crippen molar-refractivity contribution in [2.75, 3.05) is 25.6 Å². The van der Waals surface area contributed by atoms with Gasteiger partial charge in [-0.2, -0.15) is 0 Å². The molecule has 1 atom stereocenters. The minimum atomic E-state index is -0.879. The molecular formula is C20H20FN3O5S. The Bertz CT molecular complexity index is 1140. The van der Waals surface area contributed by atoms with Gasteiger partial charge in [-0.3, -0.25) is 14.2 Å². The largest absolute Gasteiger partial charge is 0.459 e. The lowest BCUT2D eigenvalue weighted by Gasteiger charge is -2.15. The van der Waals surface area contributed by atoms with Crippen molar-refractivity contribution in [3.63, 3.8) is 0 Å². The highest BCUT2D eigenvalue weighted by molar-refractivity contribution is 7.20. The summed E-state index contributed by atoms with van der Waals surface area (Å²) in [6.45, 7) is 3.56. The lowest BCUT2D eigenvalue weighted by molar-refractivity contribution is -0.118. The maximum Gasteiger partial charge on any atom is 0.348 e. The predicted octanol–water partition coefficient (Wildman–Crippen LogP) is 2.91. The van der Waals surface area contributed by atoms with E-state index in [2.05, 4.69) is 10.3 Å². The monoisotopic (exact) mass is 433 g/mol. The van der Waals surface area contributed by atoms with Crippen LogP contribution < -0.4 is 10.9 Å². The summed E-state index contributed by atoms with van der Waals surface area (Å²) in [4.78, 5) is 42.8. The topological polar surface area (TPSA) is 99.5 Å². The molecule has 30 heavy (non-hydrogen) atoms. The van der Waals surface area contributed by atoms with E-state index >= 15 is 0 Å². The molecule has 0 fully saturated rings. The predicted molar refractivity (Wildman–Crippen MR) is 111 cm³/mol. The summed E-state index contributed by atoms with van der Waals surface area (Å²) >= 11 is 1.06. The molecule has 0 saturated heterocycles. The van der Waals surface area contributed by atoms with Gasteiger partial charge >= 0.3 is 5.97 Å². The highest BCUT2D eigenvalue weighted by atomic mass is 32.1. The second-order valence-corrected chi connectivity index (χ2v) is 7.49. The van der Waals surface area contributed by atoms with Crippen LogP contribution in [-0.2, 0) is 14.3 Å². The number of amides is 1. The molecule has 0 aliphatic carbocycles. The van der Waals surface area contributed by atoms with Crippen LogP contribution in [0.5, 0.6) is 0 Å². The van der Waals surface area contributed by atoms with E-state index in [0.717, 1.165) is 11.3 Å². The van der Waals surface area contributed by atoms with E-state index in [1.165, 1.54) is 42.3 Å². The molecule has 0 bridgehead atoms. The van der Waals surface area contributed by atoms with Crippen molar-refractivity contribution in [3.8, 4) is 0 Å². The Kier molecular flexibility index (Phi) is 6.58. The Labute approximate surface area is 175 Å². The van der Waals surface area contributed by atoms with E-state index in [1.54, 1.807) is 13.8 Å². The van der Waals surface area contributed by atoms with Crippen LogP contribution in [0.2, 0.25) is 0 Å². The van der Waals surface area contributed by atoms with Crippen LogP contribution in [0, 0.1) is 12.7 Å². The first kappa shape index (κ1) is 21.6. The lowest BCUT2D eigenvalue weighted by atomic mass is 10.2. The number of methoxy groups -OCH3 is 1. The van der Waals surface area contributed by atoms with Gasteiger partial charge in [0.15, 0.2) is 0 Å². The number of esters is 1. The molecule has 0 aliphatic heterocycles. The smallest absolute Gasteiger partial charge is 0.348 e. The first-order chi connectivity index (χ1) is 14.3. The number of aryl methyl sites for hydroxylation is 1. The lowest BCUT2D eigenvalue weighted by Crippen LogP contribution is -2.31. The van der Waals surface area contributed by atoms with E-state index < -0.39 is 29.3 Å². The summed E-state index contributed by atoms with van der Waals surface area (Å²) in [5.41, 5.74) is 0.421. The summed E-state index contributed by atoms with van der Waals surface area (Å²) in [5, 5.41) is 2.90. The fraction of sp³-hybridized carbons (Fsp3) is 0.300.